The molecule has 4 rings (SSSR count). The van der Waals surface area contributed by atoms with E-state index in [1.54, 1.807) is 5.57 Å². The molecule has 0 unspecified atom stereocenters. The maximum Gasteiger partial charge on any atom is 0.305 e. The summed E-state index contributed by atoms with van der Waals surface area (Å²) in [5, 5.41) is 10.3. The number of fused-ring (bicyclic) bond motifs is 5. The van der Waals surface area contributed by atoms with Crippen LogP contribution in [0.15, 0.2) is 11.6 Å². The molecule has 0 aromatic carbocycles. The van der Waals surface area contributed by atoms with E-state index in [4.69, 9.17) is 4.74 Å². The predicted octanol–water partition coefficient (Wildman–Crippen LogP) is 5.91. The number of carbonyl (C=O) groups excluding carboxylic acids is 1. The number of hydrogen-bond donors (Lipinski definition) is 1. The molecule has 0 aliphatic heterocycles. The second kappa shape index (κ2) is 8.02. The van der Waals surface area contributed by atoms with Crippen molar-refractivity contribution in [2.45, 2.75) is 97.5 Å². The molecule has 3 saturated carbocycles. The molecule has 29 heavy (non-hydrogen) atoms. The van der Waals surface area contributed by atoms with Crippen LogP contribution in [0.4, 0.5) is 0 Å². The number of allylic oxidation sites excluding steroid dienone is 1. The van der Waals surface area contributed by atoms with Crippen molar-refractivity contribution in [3.63, 3.8) is 0 Å². The van der Waals surface area contributed by atoms with Crippen LogP contribution < -0.4 is 0 Å². The zero-order valence-corrected chi connectivity index (χ0v) is 19.1. The van der Waals surface area contributed by atoms with Gasteiger partial charge in [0.2, 0.25) is 0 Å². The highest BCUT2D eigenvalue weighted by Crippen LogP contribution is 2.66. The van der Waals surface area contributed by atoms with E-state index in [0.717, 1.165) is 42.9 Å². The van der Waals surface area contributed by atoms with Crippen LogP contribution in [0, 0.1) is 40.4 Å². The molecule has 4 aliphatic rings. The zero-order chi connectivity index (χ0) is 20.8. The number of ether oxygens (including phenoxy) is 1. The summed E-state index contributed by atoms with van der Waals surface area (Å²) in [6.45, 7) is 7.50. The Labute approximate surface area is 177 Å². The topological polar surface area (TPSA) is 46.5 Å². The molecule has 0 heterocycles. The molecule has 3 fully saturated rings. The summed E-state index contributed by atoms with van der Waals surface area (Å²) >= 11 is 0. The van der Waals surface area contributed by atoms with Crippen molar-refractivity contribution in [1.29, 1.82) is 0 Å². The summed E-state index contributed by atoms with van der Waals surface area (Å²) < 4.78 is 4.89. The van der Waals surface area contributed by atoms with Crippen molar-refractivity contribution < 1.29 is 14.6 Å². The van der Waals surface area contributed by atoms with E-state index in [9.17, 15) is 9.90 Å². The highest BCUT2D eigenvalue weighted by molar-refractivity contribution is 5.69. The number of methoxy groups -OCH3 is 1. The van der Waals surface area contributed by atoms with Gasteiger partial charge in [-0.2, -0.15) is 0 Å². The third-order valence-corrected chi connectivity index (χ3v) is 10.1. The van der Waals surface area contributed by atoms with Gasteiger partial charge in [0.15, 0.2) is 0 Å². The third kappa shape index (κ3) is 3.60. The maximum absolute atomic E-state index is 11.7. The smallest absolute Gasteiger partial charge is 0.305 e. The van der Waals surface area contributed by atoms with Gasteiger partial charge in [0, 0.05) is 6.42 Å². The van der Waals surface area contributed by atoms with E-state index in [2.05, 4.69) is 26.8 Å². The fraction of sp³-hybridized carbons (Fsp3) is 0.885. The monoisotopic (exact) mass is 402 g/mol. The number of rotatable bonds is 4. The van der Waals surface area contributed by atoms with E-state index in [-0.39, 0.29) is 12.1 Å². The summed E-state index contributed by atoms with van der Waals surface area (Å²) in [5.74, 6) is 3.75. The number of carbonyl (C=O) groups is 1. The SMILES string of the molecule is COC(=O)CC[C@@H](C)[C@H]1CC[C@H]2[C@H]3CCC=C4C[C@@H](O)CC[C@]4(C)[C@H]3CC[C@]12C. The van der Waals surface area contributed by atoms with E-state index in [1.807, 2.05) is 0 Å². The number of aliphatic hydroxyl groups excluding tert-OH is 1. The van der Waals surface area contributed by atoms with Crippen molar-refractivity contribution in [3.05, 3.63) is 11.6 Å². The van der Waals surface area contributed by atoms with Gasteiger partial charge in [-0.05, 0) is 105 Å². The Kier molecular flexibility index (Phi) is 5.92. The largest absolute Gasteiger partial charge is 0.469 e. The highest BCUT2D eigenvalue weighted by Gasteiger charge is 2.58. The molecular weight excluding hydrogens is 360 g/mol. The average molecular weight is 403 g/mol. The minimum Gasteiger partial charge on any atom is -0.469 e. The molecule has 1 N–H and O–H groups in total. The fourth-order valence-corrected chi connectivity index (χ4v) is 8.51. The molecule has 0 amide bonds. The average Bonchev–Trinajstić information content (AvgIpc) is 2.98. The van der Waals surface area contributed by atoms with Gasteiger partial charge in [-0.1, -0.05) is 32.4 Å². The van der Waals surface area contributed by atoms with Gasteiger partial charge in [0.1, 0.15) is 0 Å². The number of hydrogen-bond acceptors (Lipinski definition) is 3. The molecule has 0 spiro atoms. The van der Waals surface area contributed by atoms with E-state index >= 15 is 0 Å². The summed E-state index contributed by atoms with van der Waals surface area (Å²) in [4.78, 5) is 11.7. The van der Waals surface area contributed by atoms with Crippen LogP contribution in [0.25, 0.3) is 0 Å². The van der Waals surface area contributed by atoms with Crippen LogP contribution in [0.1, 0.15) is 91.4 Å². The number of esters is 1. The summed E-state index contributed by atoms with van der Waals surface area (Å²) in [5.41, 5.74) is 2.33. The Bertz CT molecular complexity index is 654. The van der Waals surface area contributed by atoms with Crippen molar-refractivity contribution in [2.75, 3.05) is 7.11 Å². The molecule has 164 valence electrons. The minimum absolute atomic E-state index is 0.0601. The molecule has 3 nitrogen and oxygen atoms in total. The van der Waals surface area contributed by atoms with E-state index in [0.29, 0.717) is 23.2 Å². The minimum atomic E-state index is -0.119. The lowest BCUT2D eigenvalue weighted by Gasteiger charge is -2.55. The standard InChI is InChI=1S/C26H42O3/c1-17(8-11-24(28)29-4)21-9-10-22-20-7-5-6-18-16-19(27)12-14-25(18,2)23(20)13-15-26(21,22)3/h6,17,19-23,27H,5,7-16H2,1-4H3/t17-,19+,20-,21-,22+,23+,25+,26-/m1/s1. The molecule has 0 bridgehead atoms. The maximum atomic E-state index is 11.7. The first-order valence-electron chi connectivity index (χ1n) is 12.2. The van der Waals surface area contributed by atoms with Crippen molar-refractivity contribution in [2.24, 2.45) is 40.4 Å². The Morgan fingerprint density at radius 1 is 1.17 bits per heavy atom. The Morgan fingerprint density at radius 3 is 2.72 bits per heavy atom. The summed E-state index contributed by atoms with van der Waals surface area (Å²) in [7, 11) is 1.50. The van der Waals surface area contributed by atoms with Crippen LogP contribution >= 0.6 is 0 Å². The first kappa shape index (κ1) is 21.4. The molecule has 0 saturated heterocycles. The van der Waals surface area contributed by atoms with Gasteiger partial charge in [0.25, 0.3) is 0 Å². The third-order valence-electron chi connectivity index (χ3n) is 10.1. The quantitative estimate of drug-likeness (QED) is 0.470. The van der Waals surface area contributed by atoms with Gasteiger partial charge >= 0.3 is 5.97 Å². The van der Waals surface area contributed by atoms with Gasteiger partial charge in [0.05, 0.1) is 13.2 Å². The predicted molar refractivity (Wildman–Crippen MR) is 116 cm³/mol. The molecule has 3 heteroatoms. The van der Waals surface area contributed by atoms with Crippen LogP contribution in [0.5, 0.6) is 0 Å². The van der Waals surface area contributed by atoms with Crippen LogP contribution in [0.2, 0.25) is 0 Å². The highest BCUT2D eigenvalue weighted by atomic mass is 16.5. The lowest BCUT2D eigenvalue weighted by Crippen LogP contribution is -2.48. The summed E-state index contributed by atoms with van der Waals surface area (Å²) in [6, 6.07) is 0. The van der Waals surface area contributed by atoms with Crippen molar-refractivity contribution >= 4 is 5.97 Å². The van der Waals surface area contributed by atoms with Crippen molar-refractivity contribution in [3.8, 4) is 0 Å². The normalized spacial score (nSPS) is 45.3. The lowest BCUT2D eigenvalue weighted by atomic mass is 9.49. The molecule has 8 atom stereocenters. The van der Waals surface area contributed by atoms with Gasteiger partial charge in [-0.25, -0.2) is 0 Å². The summed E-state index contributed by atoms with van der Waals surface area (Å²) in [6.07, 6.45) is 14.9. The van der Waals surface area contributed by atoms with Crippen LogP contribution in [0.3, 0.4) is 0 Å². The fourth-order valence-electron chi connectivity index (χ4n) is 8.51. The Balaban J connectivity index is 1.52. The molecular formula is C26H42O3. The second-order valence-electron chi connectivity index (χ2n) is 11.3. The van der Waals surface area contributed by atoms with Gasteiger partial charge in [-0.3, -0.25) is 4.79 Å². The van der Waals surface area contributed by atoms with E-state index < -0.39 is 0 Å². The zero-order valence-electron chi connectivity index (χ0n) is 19.1. The molecule has 0 aromatic heterocycles. The Morgan fingerprint density at radius 2 is 1.97 bits per heavy atom. The second-order valence-corrected chi connectivity index (χ2v) is 11.3. The van der Waals surface area contributed by atoms with Crippen molar-refractivity contribution in [1.82, 2.24) is 0 Å². The van der Waals surface area contributed by atoms with Crippen LogP contribution in [-0.2, 0) is 9.53 Å². The molecule has 4 aliphatic carbocycles. The van der Waals surface area contributed by atoms with Crippen LogP contribution in [-0.4, -0.2) is 24.3 Å². The van der Waals surface area contributed by atoms with E-state index in [1.165, 1.54) is 52.1 Å². The lowest BCUT2D eigenvalue weighted by molar-refractivity contribution is -0.141. The first-order valence-corrected chi connectivity index (χ1v) is 12.2. The van der Waals surface area contributed by atoms with Gasteiger partial charge < -0.3 is 9.84 Å². The van der Waals surface area contributed by atoms with Gasteiger partial charge in [-0.15, -0.1) is 0 Å². The number of aliphatic hydroxyl groups is 1. The molecule has 0 aromatic rings. The molecule has 0 radical (unpaired) electrons. The first-order chi connectivity index (χ1) is 13.8. The Hall–Kier alpha value is -0.830.